The molecule has 0 radical (unpaired) electrons. The lowest BCUT2D eigenvalue weighted by Crippen LogP contribution is -2.27. The van der Waals surface area contributed by atoms with Crippen LogP contribution in [-0.2, 0) is 16.0 Å². The molecule has 1 aromatic rings. The number of benzene rings is 1. The Morgan fingerprint density at radius 1 is 1.25 bits per heavy atom. The minimum absolute atomic E-state index is 0.0390. The maximum absolute atomic E-state index is 11.5. The lowest BCUT2D eigenvalue weighted by atomic mass is 10.1. The summed E-state index contributed by atoms with van der Waals surface area (Å²) in [5.74, 6) is -0.0451. The van der Waals surface area contributed by atoms with Gasteiger partial charge in [0.2, 0.25) is 11.8 Å². The van der Waals surface area contributed by atoms with E-state index in [-0.39, 0.29) is 17.9 Å². The Labute approximate surface area is 119 Å². The Hall–Kier alpha value is -1.88. The number of rotatable bonds is 7. The van der Waals surface area contributed by atoms with Gasteiger partial charge in [0.25, 0.3) is 0 Å². The van der Waals surface area contributed by atoms with E-state index >= 15 is 0 Å². The largest absolute Gasteiger partial charge is 0.356 e. The lowest BCUT2D eigenvalue weighted by molar-refractivity contribution is -0.121. The van der Waals surface area contributed by atoms with Crippen LogP contribution in [0.4, 0.5) is 5.69 Å². The number of hydrogen-bond donors (Lipinski definition) is 3. The van der Waals surface area contributed by atoms with Gasteiger partial charge < -0.3 is 16.4 Å². The zero-order valence-electron chi connectivity index (χ0n) is 12.1. The second-order valence-corrected chi connectivity index (χ2v) is 4.99. The van der Waals surface area contributed by atoms with Gasteiger partial charge in [0, 0.05) is 31.6 Å². The third kappa shape index (κ3) is 6.89. The second-order valence-electron chi connectivity index (χ2n) is 4.99. The predicted molar refractivity (Wildman–Crippen MR) is 80.3 cm³/mol. The molecule has 1 atom stereocenters. The summed E-state index contributed by atoms with van der Waals surface area (Å²) < 4.78 is 0. The van der Waals surface area contributed by atoms with Crippen molar-refractivity contribution in [2.45, 2.75) is 39.2 Å². The van der Waals surface area contributed by atoms with Crippen LogP contribution in [0.3, 0.4) is 0 Å². The van der Waals surface area contributed by atoms with E-state index in [2.05, 4.69) is 10.6 Å². The van der Waals surface area contributed by atoms with Gasteiger partial charge >= 0.3 is 0 Å². The van der Waals surface area contributed by atoms with E-state index in [0.717, 1.165) is 17.7 Å². The van der Waals surface area contributed by atoms with Crippen molar-refractivity contribution in [3.63, 3.8) is 0 Å². The third-order valence-corrected chi connectivity index (χ3v) is 2.84. The van der Waals surface area contributed by atoms with Crippen LogP contribution in [0.1, 0.15) is 32.3 Å². The average molecular weight is 277 g/mol. The molecular formula is C15H23N3O2. The van der Waals surface area contributed by atoms with E-state index in [1.807, 2.05) is 31.2 Å². The highest BCUT2D eigenvalue weighted by Gasteiger charge is 2.03. The first-order valence-corrected chi connectivity index (χ1v) is 6.86. The van der Waals surface area contributed by atoms with Crippen molar-refractivity contribution >= 4 is 17.5 Å². The van der Waals surface area contributed by atoms with Gasteiger partial charge in [-0.3, -0.25) is 9.59 Å². The molecule has 2 amide bonds. The standard InChI is InChI=1S/C15H23N3O2/c1-11(16)3-8-15(20)17-10-9-13-4-6-14(7-5-13)18-12(2)19/h4-7,11H,3,8-10,16H2,1-2H3,(H,17,20)(H,18,19). The average Bonchev–Trinajstić information content (AvgIpc) is 2.38. The van der Waals surface area contributed by atoms with E-state index < -0.39 is 0 Å². The fourth-order valence-corrected chi connectivity index (χ4v) is 1.75. The molecule has 0 heterocycles. The summed E-state index contributed by atoms with van der Waals surface area (Å²) in [4.78, 5) is 22.4. The van der Waals surface area contributed by atoms with Crippen molar-refractivity contribution in [1.29, 1.82) is 0 Å². The molecule has 0 aliphatic carbocycles. The van der Waals surface area contributed by atoms with Crippen LogP contribution in [-0.4, -0.2) is 24.4 Å². The molecule has 0 aliphatic heterocycles. The first-order valence-electron chi connectivity index (χ1n) is 6.86. The van der Waals surface area contributed by atoms with Gasteiger partial charge in [-0.05, 0) is 37.5 Å². The number of nitrogens with one attached hydrogen (secondary N) is 2. The molecule has 5 heteroatoms. The first kappa shape index (κ1) is 16.2. The Kier molecular flexibility index (Phi) is 6.73. The summed E-state index contributed by atoms with van der Waals surface area (Å²) in [5.41, 5.74) is 7.50. The molecule has 0 saturated carbocycles. The van der Waals surface area contributed by atoms with Gasteiger partial charge in [-0.25, -0.2) is 0 Å². The number of nitrogens with two attached hydrogens (primary N) is 1. The van der Waals surface area contributed by atoms with Crippen LogP contribution in [0.2, 0.25) is 0 Å². The maximum Gasteiger partial charge on any atom is 0.221 e. The molecule has 0 saturated heterocycles. The summed E-state index contributed by atoms with van der Waals surface area (Å²) in [7, 11) is 0. The Bertz CT molecular complexity index is 441. The molecule has 0 bridgehead atoms. The number of hydrogen-bond acceptors (Lipinski definition) is 3. The summed E-state index contributed by atoms with van der Waals surface area (Å²) >= 11 is 0. The van der Waals surface area contributed by atoms with E-state index in [1.165, 1.54) is 6.92 Å². The zero-order valence-corrected chi connectivity index (χ0v) is 12.1. The highest BCUT2D eigenvalue weighted by Crippen LogP contribution is 2.09. The number of carbonyl (C=O) groups is 2. The van der Waals surface area contributed by atoms with Gasteiger partial charge in [0.15, 0.2) is 0 Å². The van der Waals surface area contributed by atoms with Crippen molar-refractivity contribution in [3.05, 3.63) is 29.8 Å². The fourth-order valence-electron chi connectivity index (χ4n) is 1.75. The molecule has 0 aliphatic rings. The van der Waals surface area contributed by atoms with Crippen molar-refractivity contribution in [2.24, 2.45) is 5.73 Å². The predicted octanol–water partition coefficient (Wildman–Crippen LogP) is 1.43. The molecule has 4 N–H and O–H groups in total. The minimum Gasteiger partial charge on any atom is -0.356 e. The van der Waals surface area contributed by atoms with E-state index in [0.29, 0.717) is 19.4 Å². The van der Waals surface area contributed by atoms with Crippen LogP contribution >= 0.6 is 0 Å². The quantitative estimate of drug-likeness (QED) is 0.705. The van der Waals surface area contributed by atoms with Crippen LogP contribution in [0.15, 0.2) is 24.3 Å². The fraction of sp³-hybridized carbons (Fsp3) is 0.467. The minimum atomic E-state index is -0.0841. The van der Waals surface area contributed by atoms with Crippen LogP contribution in [0.25, 0.3) is 0 Å². The summed E-state index contributed by atoms with van der Waals surface area (Å²) in [5, 5.41) is 5.58. The van der Waals surface area contributed by atoms with Crippen LogP contribution in [0.5, 0.6) is 0 Å². The highest BCUT2D eigenvalue weighted by atomic mass is 16.2. The van der Waals surface area contributed by atoms with Gasteiger partial charge in [-0.1, -0.05) is 12.1 Å². The molecule has 20 heavy (non-hydrogen) atoms. The van der Waals surface area contributed by atoms with Crippen LogP contribution < -0.4 is 16.4 Å². The van der Waals surface area contributed by atoms with Crippen molar-refractivity contribution < 1.29 is 9.59 Å². The monoisotopic (exact) mass is 277 g/mol. The zero-order chi connectivity index (χ0) is 15.0. The Balaban J connectivity index is 2.28. The third-order valence-electron chi connectivity index (χ3n) is 2.84. The SMILES string of the molecule is CC(=O)Nc1ccc(CCNC(=O)CCC(C)N)cc1. The smallest absolute Gasteiger partial charge is 0.221 e. The maximum atomic E-state index is 11.5. The van der Waals surface area contributed by atoms with Crippen molar-refractivity contribution in [1.82, 2.24) is 5.32 Å². The van der Waals surface area contributed by atoms with Gasteiger partial charge in [-0.2, -0.15) is 0 Å². The molecule has 0 spiro atoms. The molecule has 1 unspecified atom stereocenters. The van der Waals surface area contributed by atoms with E-state index in [1.54, 1.807) is 0 Å². The van der Waals surface area contributed by atoms with Gasteiger partial charge in [0.1, 0.15) is 0 Å². The first-order chi connectivity index (χ1) is 9.47. The van der Waals surface area contributed by atoms with E-state index in [9.17, 15) is 9.59 Å². The lowest BCUT2D eigenvalue weighted by Gasteiger charge is -2.08. The Morgan fingerprint density at radius 2 is 1.90 bits per heavy atom. The van der Waals surface area contributed by atoms with Crippen LogP contribution in [0, 0.1) is 0 Å². The Morgan fingerprint density at radius 3 is 2.45 bits per heavy atom. The number of carbonyl (C=O) groups excluding carboxylic acids is 2. The second kappa shape index (κ2) is 8.32. The number of anilines is 1. The molecule has 1 aromatic carbocycles. The summed E-state index contributed by atoms with van der Waals surface area (Å²) in [6.07, 6.45) is 1.95. The summed E-state index contributed by atoms with van der Waals surface area (Å²) in [6.45, 7) is 3.98. The van der Waals surface area contributed by atoms with Gasteiger partial charge in [0.05, 0.1) is 0 Å². The van der Waals surface area contributed by atoms with E-state index in [4.69, 9.17) is 5.73 Å². The molecule has 5 nitrogen and oxygen atoms in total. The molecule has 0 aromatic heterocycles. The number of amides is 2. The molecular weight excluding hydrogens is 254 g/mol. The normalized spacial score (nSPS) is 11.8. The summed E-state index contributed by atoms with van der Waals surface area (Å²) in [6, 6.07) is 7.66. The topological polar surface area (TPSA) is 84.2 Å². The van der Waals surface area contributed by atoms with Gasteiger partial charge in [-0.15, -0.1) is 0 Å². The molecule has 0 fully saturated rings. The van der Waals surface area contributed by atoms with Crippen molar-refractivity contribution in [2.75, 3.05) is 11.9 Å². The molecule has 110 valence electrons. The molecule has 1 rings (SSSR count). The highest BCUT2D eigenvalue weighted by molar-refractivity contribution is 5.88. The van der Waals surface area contributed by atoms with Crippen molar-refractivity contribution in [3.8, 4) is 0 Å².